The molecule has 0 saturated carbocycles. The third-order valence-corrected chi connectivity index (χ3v) is 7.83. The second-order valence-corrected chi connectivity index (χ2v) is 10.8. The van der Waals surface area contributed by atoms with Gasteiger partial charge in [0.15, 0.2) is 17.4 Å². The van der Waals surface area contributed by atoms with Gasteiger partial charge in [-0.2, -0.15) is 0 Å². The summed E-state index contributed by atoms with van der Waals surface area (Å²) in [6.45, 7) is 9.06. The molecule has 112 valence electrons. The van der Waals surface area contributed by atoms with E-state index in [9.17, 15) is 18.0 Å². The number of aromatic carboxylic acids is 1. The monoisotopic (exact) mass is 306 g/mol. The van der Waals surface area contributed by atoms with Crippen molar-refractivity contribution in [2.45, 2.75) is 38.9 Å². The number of carboxylic acid groups (broad SMARTS) is 1. The van der Waals surface area contributed by atoms with Gasteiger partial charge in [-0.05, 0) is 18.1 Å². The summed E-state index contributed by atoms with van der Waals surface area (Å²) in [6.07, 6.45) is 0. The first kappa shape index (κ1) is 16.6. The van der Waals surface area contributed by atoms with Crippen LogP contribution >= 0.6 is 0 Å². The fourth-order valence-corrected chi connectivity index (χ4v) is 2.27. The third-order valence-electron chi connectivity index (χ3n) is 3.51. The summed E-state index contributed by atoms with van der Waals surface area (Å²) in [4.78, 5) is 10.8. The fraction of sp³-hybridized carbons (Fsp3) is 0.462. The van der Waals surface area contributed by atoms with E-state index in [1.807, 2.05) is 20.8 Å². The van der Waals surface area contributed by atoms with E-state index >= 15 is 0 Å². The summed E-state index contributed by atoms with van der Waals surface area (Å²) in [6, 6.07) is 0.328. The van der Waals surface area contributed by atoms with Gasteiger partial charge in [0, 0.05) is 6.07 Å². The minimum atomic E-state index is -2.58. The molecule has 0 bridgehead atoms. The topological polar surface area (TPSA) is 46.5 Å². The molecular weight excluding hydrogens is 289 g/mol. The van der Waals surface area contributed by atoms with Crippen LogP contribution in [-0.4, -0.2) is 19.4 Å². The summed E-state index contributed by atoms with van der Waals surface area (Å²) in [5.74, 6) is -6.85. The average molecular weight is 306 g/mol. The van der Waals surface area contributed by atoms with E-state index < -0.39 is 43.1 Å². The van der Waals surface area contributed by atoms with Crippen LogP contribution < -0.4 is 4.43 Å². The average Bonchev–Trinajstić information content (AvgIpc) is 2.21. The van der Waals surface area contributed by atoms with E-state index in [2.05, 4.69) is 0 Å². The van der Waals surface area contributed by atoms with Gasteiger partial charge in [-0.3, -0.25) is 0 Å². The predicted octanol–water partition coefficient (Wildman–Crippen LogP) is 4.19. The Morgan fingerprint density at radius 3 is 2.10 bits per heavy atom. The largest absolute Gasteiger partial charge is 0.540 e. The highest BCUT2D eigenvalue weighted by atomic mass is 28.4. The van der Waals surface area contributed by atoms with E-state index in [4.69, 9.17) is 9.53 Å². The Balaban J connectivity index is 3.41. The molecule has 1 aromatic carbocycles. The summed E-state index contributed by atoms with van der Waals surface area (Å²) < 4.78 is 46.4. The Kier molecular flexibility index (Phi) is 4.24. The van der Waals surface area contributed by atoms with E-state index in [-0.39, 0.29) is 5.04 Å². The second-order valence-electron chi connectivity index (χ2n) is 6.03. The number of carbonyl (C=O) groups is 1. The van der Waals surface area contributed by atoms with Gasteiger partial charge in [-0.25, -0.2) is 18.0 Å². The molecule has 0 heterocycles. The molecule has 0 aliphatic rings. The first-order chi connectivity index (χ1) is 8.88. The maximum atomic E-state index is 14.0. The van der Waals surface area contributed by atoms with Gasteiger partial charge in [0.25, 0.3) is 8.32 Å². The van der Waals surface area contributed by atoms with Crippen LogP contribution in [0, 0.1) is 17.5 Å². The van der Waals surface area contributed by atoms with Gasteiger partial charge in [0.2, 0.25) is 0 Å². The lowest BCUT2D eigenvalue weighted by Crippen LogP contribution is -2.44. The van der Waals surface area contributed by atoms with Gasteiger partial charge in [-0.15, -0.1) is 0 Å². The van der Waals surface area contributed by atoms with Crippen LogP contribution in [0.1, 0.15) is 31.1 Å². The van der Waals surface area contributed by atoms with Crippen molar-refractivity contribution in [1.82, 2.24) is 0 Å². The Hall–Kier alpha value is -1.50. The van der Waals surface area contributed by atoms with Gasteiger partial charge in [0.1, 0.15) is 11.4 Å². The first-order valence-corrected chi connectivity index (χ1v) is 8.89. The van der Waals surface area contributed by atoms with Crippen molar-refractivity contribution in [2.75, 3.05) is 0 Å². The minimum absolute atomic E-state index is 0.328. The lowest BCUT2D eigenvalue weighted by atomic mass is 10.2. The van der Waals surface area contributed by atoms with Crippen LogP contribution in [0.3, 0.4) is 0 Å². The number of benzene rings is 1. The summed E-state index contributed by atoms with van der Waals surface area (Å²) in [5, 5.41) is 8.43. The van der Waals surface area contributed by atoms with Gasteiger partial charge < -0.3 is 9.53 Å². The molecule has 0 unspecified atom stereocenters. The van der Waals surface area contributed by atoms with Crippen LogP contribution in [0.25, 0.3) is 0 Å². The minimum Gasteiger partial charge on any atom is -0.540 e. The molecule has 1 N–H and O–H groups in total. The molecule has 0 saturated heterocycles. The Bertz CT molecular complexity index is 551. The fourth-order valence-electron chi connectivity index (χ4n) is 1.27. The summed E-state index contributed by atoms with van der Waals surface area (Å²) >= 11 is 0. The molecule has 3 nitrogen and oxygen atoms in total. The highest BCUT2D eigenvalue weighted by Crippen LogP contribution is 2.39. The quantitative estimate of drug-likeness (QED) is 0.852. The maximum Gasteiger partial charge on any atom is 0.341 e. The van der Waals surface area contributed by atoms with Crippen molar-refractivity contribution in [2.24, 2.45) is 0 Å². The molecule has 0 radical (unpaired) electrons. The number of hydrogen-bond acceptors (Lipinski definition) is 2. The third kappa shape index (κ3) is 2.97. The molecule has 20 heavy (non-hydrogen) atoms. The smallest absolute Gasteiger partial charge is 0.341 e. The number of carboxylic acids is 1. The number of hydrogen-bond donors (Lipinski definition) is 1. The maximum absolute atomic E-state index is 14.0. The zero-order chi connectivity index (χ0) is 15.9. The Labute approximate surface area is 116 Å². The van der Waals surface area contributed by atoms with Crippen molar-refractivity contribution in [3.8, 4) is 5.75 Å². The van der Waals surface area contributed by atoms with E-state index in [1.54, 1.807) is 13.1 Å². The molecule has 1 rings (SSSR count). The zero-order valence-corrected chi connectivity index (χ0v) is 13.0. The highest BCUT2D eigenvalue weighted by molar-refractivity contribution is 6.74. The van der Waals surface area contributed by atoms with Crippen molar-refractivity contribution in [3.05, 3.63) is 29.1 Å². The number of rotatable bonds is 3. The summed E-state index contributed by atoms with van der Waals surface area (Å²) in [5.41, 5.74) is -1.21. The van der Waals surface area contributed by atoms with Crippen molar-refractivity contribution >= 4 is 14.3 Å². The molecular formula is C13H17F3O3Si. The van der Waals surface area contributed by atoms with Crippen LogP contribution in [0.5, 0.6) is 5.75 Å². The van der Waals surface area contributed by atoms with Crippen molar-refractivity contribution in [1.29, 1.82) is 0 Å². The van der Waals surface area contributed by atoms with Crippen molar-refractivity contribution < 1.29 is 27.5 Å². The lowest BCUT2D eigenvalue weighted by molar-refractivity contribution is 0.0685. The van der Waals surface area contributed by atoms with Crippen LogP contribution in [-0.2, 0) is 0 Å². The zero-order valence-electron chi connectivity index (χ0n) is 12.0. The summed E-state index contributed by atoms with van der Waals surface area (Å²) in [7, 11) is -2.58. The van der Waals surface area contributed by atoms with E-state index in [1.165, 1.54) is 0 Å². The molecule has 0 amide bonds. The normalized spacial score (nSPS) is 12.4. The Morgan fingerprint density at radius 2 is 1.70 bits per heavy atom. The standard InChI is InChI=1S/C13H17F3O3Si/c1-13(2,3)20(4,5)19-11-8(15)6-7(14)9(10(11)16)12(17)18/h6H,1-5H3,(H,17,18). The van der Waals surface area contributed by atoms with Crippen LogP contribution in [0.15, 0.2) is 6.07 Å². The van der Waals surface area contributed by atoms with Crippen LogP contribution in [0.2, 0.25) is 18.1 Å². The predicted molar refractivity (Wildman–Crippen MR) is 71.1 cm³/mol. The molecule has 0 spiro atoms. The van der Waals surface area contributed by atoms with Crippen LogP contribution in [0.4, 0.5) is 13.2 Å². The molecule has 0 aliphatic heterocycles. The molecule has 1 aromatic rings. The molecule has 0 fully saturated rings. The number of halogens is 3. The van der Waals surface area contributed by atoms with Crippen molar-refractivity contribution in [3.63, 3.8) is 0 Å². The van der Waals surface area contributed by atoms with Gasteiger partial charge in [0.05, 0.1) is 0 Å². The molecule has 7 heteroatoms. The SMILES string of the molecule is CC(C)(C)[Si](C)(C)Oc1c(F)cc(F)c(C(=O)O)c1F. The molecule has 0 aromatic heterocycles. The van der Waals surface area contributed by atoms with Gasteiger partial charge in [-0.1, -0.05) is 20.8 Å². The van der Waals surface area contributed by atoms with E-state index in [0.717, 1.165) is 0 Å². The lowest BCUT2D eigenvalue weighted by Gasteiger charge is -2.36. The molecule has 0 atom stereocenters. The second kappa shape index (κ2) is 5.12. The van der Waals surface area contributed by atoms with Gasteiger partial charge >= 0.3 is 5.97 Å². The Morgan fingerprint density at radius 1 is 1.20 bits per heavy atom. The van der Waals surface area contributed by atoms with E-state index in [0.29, 0.717) is 6.07 Å². The highest BCUT2D eigenvalue weighted by Gasteiger charge is 2.41. The first-order valence-electron chi connectivity index (χ1n) is 5.98. The molecule has 0 aliphatic carbocycles.